The number of unbranched alkanes of at least 4 members (excludes halogenated alkanes) is 1. The molecular formula is C25H30N2O3S2. The molecule has 1 amide bonds. The molecule has 2 heterocycles. The molecule has 0 atom stereocenters. The molecule has 7 heteroatoms. The van der Waals surface area contributed by atoms with Crippen molar-refractivity contribution in [2.45, 2.75) is 68.6 Å². The van der Waals surface area contributed by atoms with Gasteiger partial charge in [-0.15, -0.1) is 11.3 Å². The zero-order chi connectivity index (χ0) is 22.6. The van der Waals surface area contributed by atoms with E-state index in [4.69, 9.17) is 0 Å². The first kappa shape index (κ1) is 22.9. The maximum absolute atomic E-state index is 13.1. The lowest BCUT2D eigenvalue weighted by Gasteiger charge is -2.28. The zero-order valence-corrected chi connectivity index (χ0v) is 20.1. The first-order valence-corrected chi connectivity index (χ1v) is 13.8. The molecule has 1 aliphatic rings. The highest BCUT2D eigenvalue weighted by Gasteiger charge is 2.31. The van der Waals surface area contributed by atoms with Gasteiger partial charge in [0.1, 0.15) is 0 Å². The second-order valence-electron chi connectivity index (χ2n) is 8.68. The minimum atomic E-state index is -3.30. The third kappa shape index (κ3) is 5.21. The topological polar surface area (TPSA) is 76.1 Å². The maximum Gasteiger partial charge on any atom is 0.261 e. The summed E-state index contributed by atoms with van der Waals surface area (Å²) in [6, 6.07) is 10.7. The summed E-state index contributed by atoms with van der Waals surface area (Å²) in [6.07, 6.45) is 10.7. The number of fused-ring (bicyclic) bond motifs is 1. The fourth-order valence-electron chi connectivity index (χ4n) is 4.48. The predicted octanol–water partition coefficient (Wildman–Crippen LogP) is 5.75. The molecule has 0 aliphatic heterocycles. The van der Waals surface area contributed by atoms with Crippen LogP contribution in [-0.2, 0) is 16.4 Å². The van der Waals surface area contributed by atoms with E-state index >= 15 is 0 Å². The maximum atomic E-state index is 13.1. The van der Waals surface area contributed by atoms with Crippen molar-refractivity contribution < 1.29 is 13.2 Å². The van der Waals surface area contributed by atoms with E-state index in [1.165, 1.54) is 30.6 Å². The smallest absolute Gasteiger partial charge is 0.261 e. The van der Waals surface area contributed by atoms with E-state index in [1.807, 2.05) is 12.1 Å². The Bertz CT molecular complexity index is 1130. The average molecular weight is 471 g/mol. The van der Waals surface area contributed by atoms with Crippen LogP contribution in [0.1, 0.15) is 67.1 Å². The summed E-state index contributed by atoms with van der Waals surface area (Å²) in [5, 5.41) is 3.65. The number of hydrogen-bond donors (Lipinski definition) is 1. The highest BCUT2D eigenvalue weighted by molar-refractivity contribution is 7.92. The Labute approximate surface area is 194 Å². The summed E-state index contributed by atoms with van der Waals surface area (Å²) in [7, 11) is -3.30. The first-order chi connectivity index (χ1) is 15.5. The summed E-state index contributed by atoms with van der Waals surface area (Å²) < 4.78 is 27.1. The van der Waals surface area contributed by atoms with E-state index in [2.05, 4.69) is 17.2 Å². The normalized spacial score (nSPS) is 19.2. The molecule has 1 aliphatic carbocycles. The van der Waals surface area contributed by atoms with Gasteiger partial charge in [-0.1, -0.05) is 38.3 Å². The van der Waals surface area contributed by atoms with Gasteiger partial charge in [-0.3, -0.25) is 9.78 Å². The van der Waals surface area contributed by atoms with Gasteiger partial charge in [-0.2, -0.15) is 0 Å². The standard InChI is InChI=1S/C25H30N2O3S2/c1-2-3-4-18-5-9-21(10-6-18)32(29,30)22-11-7-19(8-12-22)16-27-25(28)23-15-20-13-14-26-17-24(20)31-23/h7-8,11-15,17-18,21H,2-6,9-10,16H2,1H3,(H,27,28). The fraction of sp³-hybridized carbons (Fsp3) is 0.440. The van der Waals surface area contributed by atoms with Crippen LogP contribution in [0.5, 0.6) is 0 Å². The van der Waals surface area contributed by atoms with Crippen LogP contribution in [0.3, 0.4) is 0 Å². The molecule has 1 fully saturated rings. The lowest BCUT2D eigenvalue weighted by Crippen LogP contribution is -2.27. The van der Waals surface area contributed by atoms with E-state index < -0.39 is 9.84 Å². The number of nitrogens with zero attached hydrogens (tertiary/aromatic N) is 1. The summed E-state index contributed by atoms with van der Waals surface area (Å²) in [4.78, 5) is 17.6. The Morgan fingerprint density at radius 2 is 1.88 bits per heavy atom. The first-order valence-electron chi connectivity index (χ1n) is 11.4. The van der Waals surface area contributed by atoms with Gasteiger partial charge in [0.25, 0.3) is 5.91 Å². The molecule has 1 N–H and O–H groups in total. The van der Waals surface area contributed by atoms with Crippen molar-refractivity contribution in [1.82, 2.24) is 10.3 Å². The Morgan fingerprint density at radius 3 is 2.56 bits per heavy atom. The molecule has 32 heavy (non-hydrogen) atoms. The number of benzene rings is 1. The number of amides is 1. The van der Waals surface area contributed by atoms with Gasteiger partial charge in [0, 0.05) is 18.9 Å². The number of hydrogen-bond acceptors (Lipinski definition) is 5. The van der Waals surface area contributed by atoms with Crippen LogP contribution in [0.15, 0.2) is 53.7 Å². The number of nitrogens with one attached hydrogen (secondary N) is 1. The van der Waals surface area contributed by atoms with Gasteiger partial charge < -0.3 is 5.32 Å². The number of thiophene rings is 1. The average Bonchev–Trinajstić information content (AvgIpc) is 3.26. The quantitative estimate of drug-likeness (QED) is 0.455. The zero-order valence-electron chi connectivity index (χ0n) is 18.4. The van der Waals surface area contributed by atoms with Crippen LogP contribution in [0.4, 0.5) is 0 Å². The van der Waals surface area contributed by atoms with Gasteiger partial charge in [0.15, 0.2) is 9.84 Å². The van der Waals surface area contributed by atoms with E-state index in [1.54, 1.807) is 36.7 Å². The van der Waals surface area contributed by atoms with Crippen molar-refractivity contribution in [3.63, 3.8) is 0 Å². The molecule has 0 radical (unpaired) electrons. The molecule has 1 aromatic carbocycles. The van der Waals surface area contributed by atoms with Gasteiger partial charge in [-0.05, 0) is 66.8 Å². The second kappa shape index (κ2) is 10.1. The summed E-state index contributed by atoms with van der Waals surface area (Å²) in [6.45, 7) is 2.56. The Hall–Kier alpha value is -2.25. The molecule has 0 saturated heterocycles. The van der Waals surface area contributed by atoms with Gasteiger partial charge in [-0.25, -0.2) is 8.42 Å². The van der Waals surface area contributed by atoms with E-state index in [9.17, 15) is 13.2 Å². The molecular weight excluding hydrogens is 440 g/mol. The molecule has 0 unspecified atom stereocenters. The van der Waals surface area contributed by atoms with Crippen LogP contribution in [0, 0.1) is 5.92 Å². The predicted molar refractivity (Wildman–Crippen MR) is 130 cm³/mol. The van der Waals surface area contributed by atoms with Crippen molar-refractivity contribution in [2.75, 3.05) is 0 Å². The van der Waals surface area contributed by atoms with Crippen LogP contribution in [0.2, 0.25) is 0 Å². The summed E-state index contributed by atoms with van der Waals surface area (Å²) >= 11 is 1.41. The van der Waals surface area contributed by atoms with Crippen molar-refractivity contribution >= 4 is 37.2 Å². The molecule has 0 spiro atoms. The van der Waals surface area contributed by atoms with Crippen molar-refractivity contribution in [3.8, 4) is 0 Å². The van der Waals surface area contributed by atoms with Gasteiger partial charge in [0.2, 0.25) is 0 Å². The lowest BCUT2D eigenvalue weighted by molar-refractivity contribution is 0.0955. The Kier molecular flexibility index (Phi) is 7.26. The van der Waals surface area contributed by atoms with E-state index in [-0.39, 0.29) is 11.2 Å². The van der Waals surface area contributed by atoms with Crippen LogP contribution < -0.4 is 5.32 Å². The molecule has 5 nitrogen and oxygen atoms in total. The van der Waals surface area contributed by atoms with Crippen molar-refractivity contribution in [3.05, 3.63) is 59.2 Å². The third-order valence-electron chi connectivity index (χ3n) is 6.45. The molecule has 2 aromatic heterocycles. The largest absolute Gasteiger partial charge is 0.347 e. The number of carbonyl (C=O) groups excluding carboxylic acids is 1. The minimum absolute atomic E-state index is 0.136. The van der Waals surface area contributed by atoms with Gasteiger partial charge in [0.05, 0.1) is 19.7 Å². The van der Waals surface area contributed by atoms with Crippen molar-refractivity contribution in [1.29, 1.82) is 0 Å². The Morgan fingerprint density at radius 1 is 1.12 bits per heavy atom. The number of pyridine rings is 1. The highest BCUT2D eigenvalue weighted by Crippen LogP contribution is 2.34. The molecule has 0 bridgehead atoms. The lowest BCUT2D eigenvalue weighted by atomic mass is 9.85. The van der Waals surface area contributed by atoms with Crippen molar-refractivity contribution in [2.24, 2.45) is 5.92 Å². The molecule has 1 saturated carbocycles. The van der Waals surface area contributed by atoms with E-state index in [0.29, 0.717) is 22.2 Å². The number of aromatic nitrogens is 1. The number of sulfone groups is 1. The fourth-order valence-corrected chi connectivity index (χ4v) is 7.22. The third-order valence-corrected chi connectivity index (χ3v) is 9.81. The van der Waals surface area contributed by atoms with Crippen LogP contribution >= 0.6 is 11.3 Å². The van der Waals surface area contributed by atoms with Gasteiger partial charge >= 0.3 is 0 Å². The Balaban J connectivity index is 1.34. The molecule has 170 valence electrons. The molecule has 4 rings (SSSR count). The van der Waals surface area contributed by atoms with Crippen LogP contribution in [0.25, 0.3) is 10.1 Å². The summed E-state index contributed by atoms with van der Waals surface area (Å²) in [5.41, 5.74) is 0.878. The molecule has 3 aromatic rings. The van der Waals surface area contributed by atoms with E-state index in [0.717, 1.165) is 41.3 Å². The highest BCUT2D eigenvalue weighted by atomic mass is 32.2. The van der Waals surface area contributed by atoms with Crippen LogP contribution in [-0.4, -0.2) is 24.6 Å². The monoisotopic (exact) mass is 470 g/mol. The number of rotatable bonds is 8. The number of carbonyl (C=O) groups is 1. The second-order valence-corrected chi connectivity index (χ2v) is 12.0. The summed E-state index contributed by atoms with van der Waals surface area (Å²) in [5.74, 6) is 0.548. The SMILES string of the molecule is CCCCC1CCC(S(=O)(=O)c2ccc(CNC(=O)c3cc4ccncc4s3)cc2)CC1. The minimum Gasteiger partial charge on any atom is -0.347 e.